The Morgan fingerprint density at radius 3 is 2.57 bits per heavy atom. The van der Waals surface area contributed by atoms with Crippen molar-refractivity contribution in [3.8, 4) is 0 Å². The standard InChI is InChI=1S/C14H27N3O3S/c1-15-12-5-6-13(15)10-16(9-7-12)21(19,20)17-8-3-2-4-14(17)11-18/h12-14,18H,2-11H2,1H3. The van der Waals surface area contributed by atoms with Crippen LogP contribution in [-0.4, -0.2) is 78.4 Å². The summed E-state index contributed by atoms with van der Waals surface area (Å²) >= 11 is 0. The van der Waals surface area contributed by atoms with Crippen molar-refractivity contribution in [2.75, 3.05) is 33.3 Å². The molecule has 3 saturated heterocycles. The Bertz CT molecular complexity index is 470. The van der Waals surface area contributed by atoms with E-state index < -0.39 is 10.2 Å². The Morgan fingerprint density at radius 1 is 1.05 bits per heavy atom. The minimum absolute atomic E-state index is 0.0704. The molecule has 3 rings (SSSR count). The molecule has 7 heteroatoms. The molecule has 6 nitrogen and oxygen atoms in total. The van der Waals surface area contributed by atoms with Crippen LogP contribution in [0.5, 0.6) is 0 Å². The zero-order valence-electron chi connectivity index (χ0n) is 12.8. The average Bonchev–Trinajstić information content (AvgIpc) is 2.71. The van der Waals surface area contributed by atoms with E-state index in [2.05, 4.69) is 11.9 Å². The molecule has 3 atom stereocenters. The molecular weight excluding hydrogens is 290 g/mol. The van der Waals surface area contributed by atoms with Crippen LogP contribution in [0.2, 0.25) is 0 Å². The molecule has 21 heavy (non-hydrogen) atoms. The van der Waals surface area contributed by atoms with Crippen molar-refractivity contribution >= 4 is 10.2 Å². The van der Waals surface area contributed by atoms with Gasteiger partial charge in [0.15, 0.2) is 0 Å². The van der Waals surface area contributed by atoms with Crippen molar-refractivity contribution in [3.63, 3.8) is 0 Å². The monoisotopic (exact) mass is 317 g/mol. The van der Waals surface area contributed by atoms with E-state index in [1.165, 1.54) is 6.42 Å². The van der Waals surface area contributed by atoms with Gasteiger partial charge >= 0.3 is 0 Å². The molecule has 1 N–H and O–H groups in total. The van der Waals surface area contributed by atoms with Gasteiger partial charge in [0.1, 0.15) is 0 Å². The molecule has 3 heterocycles. The number of rotatable bonds is 3. The fraction of sp³-hybridized carbons (Fsp3) is 1.00. The van der Waals surface area contributed by atoms with E-state index in [0.29, 0.717) is 31.7 Å². The lowest BCUT2D eigenvalue weighted by atomic mass is 10.1. The second-order valence-electron chi connectivity index (χ2n) is 6.65. The van der Waals surface area contributed by atoms with Gasteiger partial charge in [-0.25, -0.2) is 0 Å². The highest BCUT2D eigenvalue weighted by Gasteiger charge is 2.42. The van der Waals surface area contributed by atoms with Crippen LogP contribution in [0, 0.1) is 0 Å². The number of fused-ring (bicyclic) bond motifs is 2. The van der Waals surface area contributed by atoms with Gasteiger partial charge in [-0.05, 0) is 39.2 Å². The van der Waals surface area contributed by atoms with Crippen molar-refractivity contribution in [2.45, 2.75) is 56.7 Å². The number of aliphatic hydroxyl groups is 1. The average molecular weight is 317 g/mol. The minimum atomic E-state index is -3.44. The summed E-state index contributed by atoms with van der Waals surface area (Å²) in [5.41, 5.74) is 0. The van der Waals surface area contributed by atoms with Gasteiger partial charge in [-0.15, -0.1) is 0 Å². The van der Waals surface area contributed by atoms with Crippen LogP contribution in [0.4, 0.5) is 0 Å². The van der Waals surface area contributed by atoms with Crippen LogP contribution in [0.3, 0.4) is 0 Å². The highest BCUT2D eigenvalue weighted by molar-refractivity contribution is 7.86. The zero-order valence-corrected chi connectivity index (χ0v) is 13.6. The highest BCUT2D eigenvalue weighted by atomic mass is 32.2. The summed E-state index contributed by atoms with van der Waals surface area (Å²) in [5, 5.41) is 9.49. The number of hydrogen-bond acceptors (Lipinski definition) is 4. The lowest BCUT2D eigenvalue weighted by Crippen LogP contribution is -2.53. The third-order valence-electron chi connectivity index (χ3n) is 5.52. The predicted molar refractivity (Wildman–Crippen MR) is 81.1 cm³/mol. The van der Waals surface area contributed by atoms with Crippen LogP contribution in [0.25, 0.3) is 0 Å². The van der Waals surface area contributed by atoms with Crippen molar-refractivity contribution in [3.05, 3.63) is 0 Å². The molecule has 122 valence electrons. The van der Waals surface area contributed by atoms with E-state index in [4.69, 9.17) is 0 Å². The molecule has 0 spiro atoms. The SMILES string of the molecule is CN1C2CCC1CN(S(=O)(=O)N1CCCCC1CO)CC2. The molecule has 3 unspecified atom stereocenters. The zero-order chi connectivity index (χ0) is 15.0. The summed E-state index contributed by atoms with van der Waals surface area (Å²) in [4.78, 5) is 2.36. The third-order valence-corrected chi connectivity index (χ3v) is 7.58. The van der Waals surface area contributed by atoms with Gasteiger partial charge in [-0.2, -0.15) is 17.0 Å². The lowest BCUT2D eigenvalue weighted by molar-refractivity contribution is 0.146. The molecule has 3 aliphatic heterocycles. The second-order valence-corrected chi connectivity index (χ2v) is 8.53. The van der Waals surface area contributed by atoms with Crippen molar-refractivity contribution < 1.29 is 13.5 Å². The fourth-order valence-corrected chi connectivity index (χ4v) is 6.00. The summed E-state index contributed by atoms with van der Waals surface area (Å²) in [6, 6.07) is 0.650. The first kappa shape index (κ1) is 15.7. The summed E-state index contributed by atoms with van der Waals surface area (Å²) in [7, 11) is -1.31. The smallest absolute Gasteiger partial charge is 0.282 e. The van der Waals surface area contributed by atoms with Crippen molar-refractivity contribution in [1.82, 2.24) is 13.5 Å². The summed E-state index contributed by atoms with van der Waals surface area (Å²) in [6.07, 6.45) is 5.88. The Labute approximate surface area is 127 Å². The Kier molecular flexibility index (Phi) is 4.57. The van der Waals surface area contributed by atoms with Gasteiger partial charge < -0.3 is 5.11 Å². The normalized spacial score (nSPS) is 36.8. The molecule has 0 aromatic carbocycles. The predicted octanol–water partition coefficient (Wildman–Crippen LogP) is 0.247. The Balaban J connectivity index is 1.78. The first-order valence-corrected chi connectivity index (χ1v) is 9.53. The highest BCUT2D eigenvalue weighted by Crippen LogP contribution is 2.31. The van der Waals surface area contributed by atoms with Crippen molar-refractivity contribution in [1.29, 1.82) is 0 Å². The van der Waals surface area contributed by atoms with Crippen LogP contribution < -0.4 is 0 Å². The minimum Gasteiger partial charge on any atom is -0.395 e. The largest absolute Gasteiger partial charge is 0.395 e. The first-order valence-electron chi connectivity index (χ1n) is 8.13. The number of likely N-dealkylation sites (N-methyl/N-ethyl adjacent to an activating group) is 1. The Hall–Kier alpha value is -0.210. The van der Waals surface area contributed by atoms with Crippen LogP contribution in [-0.2, 0) is 10.2 Å². The van der Waals surface area contributed by atoms with Gasteiger partial charge in [0.05, 0.1) is 6.61 Å². The maximum absolute atomic E-state index is 13.0. The maximum atomic E-state index is 13.0. The third kappa shape index (κ3) is 2.86. The van der Waals surface area contributed by atoms with Gasteiger partial charge in [0.2, 0.25) is 0 Å². The maximum Gasteiger partial charge on any atom is 0.282 e. The Morgan fingerprint density at radius 2 is 1.81 bits per heavy atom. The van der Waals surface area contributed by atoms with Crippen LogP contribution in [0.15, 0.2) is 0 Å². The number of aliphatic hydroxyl groups excluding tert-OH is 1. The van der Waals surface area contributed by atoms with Gasteiger partial charge in [0.25, 0.3) is 10.2 Å². The summed E-state index contributed by atoms with van der Waals surface area (Å²) in [5.74, 6) is 0. The molecule has 0 radical (unpaired) electrons. The van der Waals surface area contributed by atoms with Crippen LogP contribution >= 0.6 is 0 Å². The molecule has 0 aromatic rings. The van der Waals surface area contributed by atoms with Gasteiger partial charge in [-0.1, -0.05) is 6.42 Å². The molecular formula is C14H27N3O3S. The van der Waals surface area contributed by atoms with E-state index in [-0.39, 0.29) is 12.6 Å². The number of hydrogen-bond donors (Lipinski definition) is 1. The molecule has 0 aliphatic carbocycles. The number of nitrogens with zero attached hydrogens (tertiary/aromatic N) is 3. The van der Waals surface area contributed by atoms with Crippen LogP contribution in [0.1, 0.15) is 38.5 Å². The lowest BCUT2D eigenvalue weighted by Gasteiger charge is -2.37. The summed E-state index contributed by atoms with van der Waals surface area (Å²) < 4.78 is 29.2. The second kappa shape index (κ2) is 6.12. The van der Waals surface area contributed by atoms with E-state index in [9.17, 15) is 13.5 Å². The molecule has 3 aliphatic rings. The number of piperidine rings is 1. The van der Waals surface area contributed by atoms with E-state index in [1.807, 2.05) is 0 Å². The van der Waals surface area contributed by atoms with Gasteiger partial charge in [-0.3, -0.25) is 4.90 Å². The molecule has 3 fully saturated rings. The van der Waals surface area contributed by atoms with E-state index in [0.717, 1.165) is 32.1 Å². The van der Waals surface area contributed by atoms with Crippen molar-refractivity contribution in [2.24, 2.45) is 0 Å². The topological polar surface area (TPSA) is 64.1 Å². The summed E-state index contributed by atoms with van der Waals surface area (Å²) in [6.45, 7) is 1.69. The molecule has 2 bridgehead atoms. The van der Waals surface area contributed by atoms with E-state index >= 15 is 0 Å². The first-order chi connectivity index (χ1) is 10.0. The molecule has 0 amide bonds. The molecule has 0 saturated carbocycles. The quantitative estimate of drug-likeness (QED) is 0.810. The van der Waals surface area contributed by atoms with E-state index in [1.54, 1.807) is 8.61 Å². The molecule has 0 aromatic heterocycles. The fourth-order valence-electron chi connectivity index (χ4n) is 4.10. The van der Waals surface area contributed by atoms with Gasteiger partial charge in [0, 0.05) is 37.8 Å².